The van der Waals surface area contributed by atoms with E-state index in [-0.39, 0.29) is 11.3 Å². The van der Waals surface area contributed by atoms with Crippen molar-refractivity contribution >= 4 is 12.4 Å². The minimum Gasteiger partial charge on any atom is -0.496 e. The number of benzene rings is 1. The molecule has 0 spiro atoms. The highest BCUT2D eigenvalue weighted by atomic mass is 19.1. The van der Waals surface area contributed by atoms with Crippen LogP contribution in [0.25, 0.3) is 0 Å². The lowest BCUT2D eigenvalue weighted by Gasteiger charge is -2.36. The van der Waals surface area contributed by atoms with Crippen LogP contribution in [0.2, 0.25) is 0 Å². The van der Waals surface area contributed by atoms with Crippen LogP contribution in [0.3, 0.4) is 0 Å². The first kappa shape index (κ1) is 17.9. The van der Waals surface area contributed by atoms with Gasteiger partial charge in [-0.05, 0) is 39.8 Å². The Bertz CT molecular complexity index is 568. The molecule has 0 aliphatic carbocycles. The maximum atomic E-state index is 14.3. The Hall–Kier alpha value is -2.11. The first-order valence-electron chi connectivity index (χ1n) is 6.83. The van der Waals surface area contributed by atoms with Gasteiger partial charge in [-0.2, -0.15) is 0 Å². The van der Waals surface area contributed by atoms with Crippen LogP contribution in [0, 0.1) is 5.82 Å². The first-order chi connectivity index (χ1) is 10.1. The van der Waals surface area contributed by atoms with Crippen LogP contribution in [0.5, 0.6) is 5.75 Å². The fourth-order valence-corrected chi connectivity index (χ4v) is 1.99. The molecule has 0 saturated carbocycles. The number of carbonyl (C=O) groups is 2. The molecule has 1 aromatic carbocycles. The molecule has 5 nitrogen and oxygen atoms in total. The van der Waals surface area contributed by atoms with E-state index in [9.17, 15) is 14.0 Å². The molecular formula is C16H22FNO4. The van der Waals surface area contributed by atoms with Gasteiger partial charge in [0, 0.05) is 7.05 Å². The van der Waals surface area contributed by atoms with E-state index in [1.54, 1.807) is 20.8 Å². The molecule has 0 fully saturated rings. The Morgan fingerprint density at radius 1 is 1.27 bits per heavy atom. The lowest BCUT2D eigenvalue weighted by molar-refractivity contribution is -0.117. The predicted octanol–water partition coefficient (Wildman–Crippen LogP) is 3.12. The summed E-state index contributed by atoms with van der Waals surface area (Å²) >= 11 is 0. The van der Waals surface area contributed by atoms with Gasteiger partial charge in [0.25, 0.3) is 0 Å². The summed E-state index contributed by atoms with van der Waals surface area (Å²) in [6.07, 6.45) is -0.231. The van der Waals surface area contributed by atoms with E-state index in [0.29, 0.717) is 6.29 Å². The number of halogens is 1. The van der Waals surface area contributed by atoms with Gasteiger partial charge in [-0.3, -0.25) is 4.90 Å². The zero-order chi connectivity index (χ0) is 17.1. The number of ether oxygens (including phenoxy) is 2. The minimum absolute atomic E-state index is 0.0131. The quantitative estimate of drug-likeness (QED) is 0.802. The zero-order valence-corrected chi connectivity index (χ0v) is 13.8. The molecule has 1 amide bonds. The van der Waals surface area contributed by atoms with Gasteiger partial charge in [0.2, 0.25) is 0 Å². The number of hydrogen-bond acceptors (Lipinski definition) is 4. The highest BCUT2D eigenvalue weighted by molar-refractivity contribution is 5.79. The fourth-order valence-electron chi connectivity index (χ4n) is 1.99. The standard InChI is InChI=1S/C16H22FNO4/c1-15(2,3)22-14(20)18(5)16(4,10-19)13-11(17)8-7-9-12(13)21-6/h7-10H,1-6H3. The zero-order valence-electron chi connectivity index (χ0n) is 13.8. The summed E-state index contributed by atoms with van der Waals surface area (Å²) in [4.78, 5) is 25.0. The van der Waals surface area contributed by atoms with E-state index in [1.165, 1.54) is 39.3 Å². The van der Waals surface area contributed by atoms with E-state index in [0.717, 1.165) is 4.90 Å². The molecule has 122 valence electrons. The van der Waals surface area contributed by atoms with Crippen molar-refractivity contribution in [2.75, 3.05) is 14.2 Å². The van der Waals surface area contributed by atoms with Crippen molar-refractivity contribution in [2.24, 2.45) is 0 Å². The minimum atomic E-state index is -1.56. The molecule has 0 saturated heterocycles. The number of methoxy groups -OCH3 is 1. The molecule has 0 radical (unpaired) electrons. The summed E-state index contributed by atoms with van der Waals surface area (Å²) in [7, 11) is 2.76. The molecule has 1 aromatic rings. The van der Waals surface area contributed by atoms with Crippen LogP contribution < -0.4 is 4.74 Å². The van der Waals surface area contributed by atoms with E-state index in [4.69, 9.17) is 9.47 Å². The highest BCUT2D eigenvalue weighted by Gasteiger charge is 2.41. The van der Waals surface area contributed by atoms with Gasteiger partial charge in [0.15, 0.2) is 0 Å². The summed E-state index contributed by atoms with van der Waals surface area (Å²) in [6.45, 7) is 6.56. The number of nitrogens with zero attached hydrogens (tertiary/aromatic N) is 1. The molecular weight excluding hydrogens is 289 g/mol. The Kier molecular flexibility index (Phi) is 5.17. The number of carbonyl (C=O) groups excluding carboxylic acids is 2. The third kappa shape index (κ3) is 3.55. The highest BCUT2D eigenvalue weighted by Crippen LogP contribution is 2.35. The van der Waals surface area contributed by atoms with Crippen LogP contribution in [0.4, 0.5) is 9.18 Å². The second-order valence-electron chi connectivity index (χ2n) is 6.12. The third-order valence-corrected chi connectivity index (χ3v) is 3.30. The second-order valence-corrected chi connectivity index (χ2v) is 6.12. The number of rotatable bonds is 4. The molecule has 0 bridgehead atoms. The lowest BCUT2D eigenvalue weighted by atomic mass is 9.90. The molecule has 0 aliphatic rings. The van der Waals surface area contributed by atoms with Crippen molar-refractivity contribution < 1.29 is 23.5 Å². The van der Waals surface area contributed by atoms with Gasteiger partial charge in [0.1, 0.15) is 29.0 Å². The summed E-state index contributed by atoms with van der Waals surface area (Å²) in [6, 6.07) is 4.21. The number of aldehydes is 1. The van der Waals surface area contributed by atoms with Gasteiger partial charge < -0.3 is 14.3 Å². The molecule has 1 atom stereocenters. The summed E-state index contributed by atoms with van der Waals surface area (Å²) in [5, 5.41) is 0. The molecule has 0 heterocycles. The monoisotopic (exact) mass is 311 g/mol. The largest absolute Gasteiger partial charge is 0.496 e. The van der Waals surface area contributed by atoms with Crippen molar-refractivity contribution in [3.8, 4) is 5.75 Å². The predicted molar refractivity (Wildman–Crippen MR) is 80.4 cm³/mol. The lowest BCUT2D eigenvalue weighted by Crippen LogP contribution is -2.48. The van der Waals surface area contributed by atoms with Crippen LogP contribution in [-0.2, 0) is 15.1 Å². The molecule has 1 rings (SSSR count). The van der Waals surface area contributed by atoms with Crippen LogP contribution in [-0.4, -0.2) is 37.0 Å². The van der Waals surface area contributed by atoms with Crippen molar-refractivity contribution in [3.63, 3.8) is 0 Å². The molecule has 0 N–H and O–H groups in total. The molecule has 0 aromatic heterocycles. The maximum Gasteiger partial charge on any atom is 0.411 e. The van der Waals surface area contributed by atoms with Crippen molar-refractivity contribution in [2.45, 2.75) is 38.8 Å². The molecule has 0 aliphatic heterocycles. The smallest absolute Gasteiger partial charge is 0.411 e. The van der Waals surface area contributed by atoms with Crippen molar-refractivity contribution in [3.05, 3.63) is 29.6 Å². The van der Waals surface area contributed by atoms with Gasteiger partial charge in [-0.15, -0.1) is 0 Å². The number of amides is 1. The number of hydrogen-bond donors (Lipinski definition) is 0. The fraction of sp³-hybridized carbons (Fsp3) is 0.500. The Balaban J connectivity index is 3.33. The van der Waals surface area contributed by atoms with Gasteiger partial charge in [0.05, 0.1) is 12.7 Å². The average molecular weight is 311 g/mol. The average Bonchev–Trinajstić information content (AvgIpc) is 2.43. The van der Waals surface area contributed by atoms with Crippen LogP contribution >= 0.6 is 0 Å². The van der Waals surface area contributed by atoms with Gasteiger partial charge >= 0.3 is 6.09 Å². The first-order valence-corrected chi connectivity index (χ1v) is 6.83. The van der Waals surface area contributed by atoms with Crippen LogP contribution in [0.1, 0.15) is 33.3 Å². The van der Waals surface area contributed by atoms with E-state index in [1.807, 2.05) is 0 Å². The topological polar surface area (TPSA) is 55.8 Å². The Morgan fingerprint density at radius 2 is 1.86 bits per heavy atom. The number of likely N-dealkylation sites (N-methyl/N-ethyl adjacent to an activating group) is 1. The van der Waals surface area contributed by atoms with Gasteiger partial charge in [-0.1, -0.05) is 6.07 Å². The van der Waals surface area contributed by atoms with E-state index >= 15 is 0 Å². The normalized spacial score (nSPS) is 14.0. The summed E-state index contributed by atoms with van der Waals surface area (Å²) in [5.74, 6) is -0.450. The third-order valence-electron chi connectivity index (χ3n) is 3.30. The Morgan fingerprint density at radius 3 is 2.32 bits per heavy atom. The van der Waals surface area contributed by atoms with Crippen molar-refractivity contribution in [1.29, 1.82) is 0 Å². The molecule has 22 heavy (non-hydrogen) atoms. The summed E-state index contributed by atoms with van der Waals surface area (Å²) < 4.78 is 24.6. The maximum absolute atomic E-state index is 14.3. The SMILES string of the molecule is COc1cccc(F)c1C(C)(C=O)N(C)C(=O)OC(C)(C)C. The van der Waals surface area contributed by atoms with Gasteiger partial charge in [-0.25, -0.2) is 9.18 Å². The summed E-state index contributed by atoms with van der Waals surface area (Å²) in [5.41, 5.74) is -2.30. The van der Waals surface area contributed by atoms with Crippen molar-refractivity contribution in [1.82, 2.24) is 4.90 Å². The Labute approximate surface area is 130 Å². The van der Waals surface area contributed by atoms with E-state index < -0.39 is 23.1 Å². The van der Waals surface area contributed by atoms with E-state index in [2.05, 4.69) is 0 Å². The molecule has 6 heteroatoms. The van der Waals surface area contributed by atoms with Crippen LogP contribution in [0.15, 0.2) is 18.2 Å². The molecule has 1 unspecified atom stereocenters. The second kappa shape index (κ2) is 6.34.